The first kappa shape index (κ1) is 16.6. The van der Waals surface area contributed by atoms with Crippen molar-refractivity contribution in [3.63, 3.8) is 0 Å². The van der Waals surface area contributed by atoms with E-state index in [1.807, 2.05) is 0 Å². The Labute approximate surface area is 114 Å². The summed E-state index contributed by atoms with van der Waals surface area (Å²) in [6, 6.07) is 0.505. The molecule has 1 saturated carbocycles. The fourth-order valence-corrected chi connectivity index (χ4v) is 3.25. The average Bonchev–Trinajstić information content (AvgIpc) is 2.90. The molecular weight excluding hydrogens is 281 g/mol. The van der Waals surface area contributed by atoms with Crippen LogP contribution in [0.2, 0.25) is 0 Å². The van der Waals surface area contributed by atoms with Crippen LogP contribution in [0.1, 0.15) is 19.3 Å². The average molecular weight is 300 g/mol. The maximum atomic E-state index is 10.6. The minimum atomic E-state index is -5.08. The highest BCUT2D eigenvalue weighted by molar-refractivity contribution is 7.99. The molecule has 0 aromatic rings. The van der Waals surface area contributed by atoms with Crippen molar-refractivity contribution in [2.45, 2.75) is 31.5 Å². The molecule has 1 aliphatic carbocycles. The lowest BCUT2D eigenvalue weighted by molar-refractivity contribution is -0.192. The normalized spacial score (nSPS) is 28.0. The molecule has 2 aliphatic rings. The molecule has 1 saturated heterocycles. The van der Waals surface area contributed by atoms with E-state index >= 15 is 0 Å². The van der Waals surface area contributed by atoms with Gasteiger partial charge in [0, 0.05) is 30.8 Å². The van der Waals surface area contributed by atoms with E-state index in [0.717, 1.165) is 5.92 Å². The van der Waals surface area contributed by atoms with Gasteiger partial charge in [0.15, 0.2) is 0 Å². The molecule has 1 aliphatic heterocycles. The minimum absolute atomic E-state index is 0.505. The first-order valence-electron chi connectivity index (χ1n) is 6.15. The number of thioether (sulfide) groups is 1. The summed E-state index contributed by atoms with van der Waals surface area (Å²) in [7, 11) is 0. The van der Waals surface area contributed by atoms with Crippen LogP contribution in [0.3, 0.4) is 0 Å². The monoisotopic (exact) mass is 300 g/mol. The summed E-state index contributed by atoms with van der Waals surface area (Å²) in [5.74, 6) is 0.732. The van der Waals surface area contributed by atoms with Gasteiger partial charge in [-0.3, -0.25) is 4.90 Å². The van der Waals surface area contributed by atoms with Crippen molar-refractivity contribution in [3.8, 4) is 0 Å². The molecule has 8 heteroatoms. The van der Waals surface area contributed by atoms with Crippen LogP contribution in [0.15, 0.2) is 0 Å². The van der Waals surface area contributed by atoms with Gasteiger partial charge >= 0.3 is 12.1 Å². The largest absolute Gasteiger partial charge is 0.490 e. The molecular formula is C11H19F3N2O2S. The van der Waals surface area contributed by atoms with Crippen molar-refractivity contribution >= 4 is 17.7 Å². The van der Waals surface area contributed by atoms with Crippen molar-refractivity contribution in [1.29, 1.82) is 0 Å². The van der Waals surface area contributed by atoms with Crippen LogP contribution in [0.5, 0.6) is 0 Å². The molecule has 2 unspecified atom stereocenters. The van der Waals surface area contributed by atoms with E-state index in [2.05, 4.69) is 16.7 Å². The minimum Gasteiger partial charge on any atom is -0.475 e. The Morgan fingerprint density at radius 3 is 2.42 bits per heavy atom. The second-order valence-corrected chi connectivity index (χ2v) is 5.93. The third-order valence-corrected chi connectivity index (χ3v) is 4.19. The van der Waals surface area contributed by atoms with Gasteiger partial charge in [-0.1, -0.05) is 0 Å². The van der Waals surface area contributed by atoms with Crippen LogP contribution in [-0.4, -0.2) is 52.9 Å². The van der Waals surface area contributed by atoms with E-state index in [-0.39, 0.29) is 0 Å². The fraction of sp³-hybridized carbons (Fsp3) is 0.909. The standard InChI is InChI=1S/C9H18N2S.C2HF3O2/c10-9-2-1-8(5-9)6-11-3-4-12-7-11;3-2(4,5)1(6)7/h8-9H,1-7,10H2;(H,6,7). The van der Waals surface area contributed by atoms with Crippen LogP contribution in [-0.2, 0) is 4.79 Å². The summed E-state index contributed by atoms with van der Waals surface area (Å²) < 4.78 is 31.7. The van der Waals surface area contributed by atoms with Gasteiger partial charge in [-0.15, -0.1) is 11.8 Å². The van der Waals surface area contributed by atoms with Gasteiger partial charge in [-0.05, 0) is 25.2 Å². The van der Waals surface area contributed by atoms with E-state index in [9.17, 15) is 13.2 Å². The Balaban J connectivity index is 0.000000224. The number of nitrogens with zero attached hydrogens (tertiary/aromatic N) is 1. The zero-order chi connectivity index (χ0) is 14.5. The molecule has 3 N–H and O–H groups in total. The number of carboxylic acids is 1. The van der Waals surface area contributed by atoms with Crippen molar-refractivity contribution in [3.05, 3.63) is 0 Å². The number of hydrogen-bond acceptors (Lipinski definition) is 4. The Morgan fingerprint density at radius 1 is 1.42 bits per heavy atom. The number of nitrogens with two attached hydrogens (primary N) is 1. The van der Waals surface area contributed by atoms with Crippen molar-refractivity contribution < 1.29 is 23.1 Å². The Kier molecular flexibility index (Phi) is 6.41. The zero-order valence-corrected chi connectivity index (χ0v) is 11.3. The predicted octanol–water partition coefficient (Wildman–Crippen LogP) is 1.75. The van der Waals surface area contributed by atoms with Gasteiger partial charge < -0.3 is 10.8 Å². The van der Waals surface area contributed by atoms with Crippen LogP contribution in [0.4, 0.5) is 13.2 Å². The summed E-state index contributed by atoms with van der Waals surface area (Å²) in [6.07, 6.45) is -1.20. The first-order chi connectivity index (χ1) is 8.79. The zero-order valence-electron chi connectivity index (χ0n) is 10.5. The Hall–Kier alpha value is -0.470. The van der Waals surface area contributed by atoms with Crippen LogP contribution >= 0.6 is 11.8 Å². The lowest BCUT2D eigenvalue weighted by atomic mass is 10.1. The molecule has 19 heavy (non-hydrogen) atoms. The number of aliphatic carboxylic acids is 1. The van der Waals surface area contributed by atoms with Gasteiger partial charge in [0.2, 0.25) is 0 Å². The molecule has 1 heterocycles. The maximum Gasteiger partial charge on any atom is 0.490 e. The number of carbonyl (C=O) groups is 1. The van der Waals surface area contributed by atoms with Gasteiger partial charge in [0.25, 0.3) is 0 Å². The summed E-state index contributed by atoms with van der Waals surface area (Å²) in [6.45, 7) is 2.61. The van der Waals surface area contributed by atoms with E-state index in [1.54, 1.807) is 0 Å². The topological polar surface area (TPSA) is 66.6 Å². The highest BCUT2D eigenvalue weighted by atomic mass is 32.2. The van der Waals surface area contributed by atoms with Crippen molar-refractivity contribution in [2.24, 2.45) is 11.7 Å². The summed E-state index contributed by atoms with van der Waals surface area (Å²) in [4.78, 5) is 11.5. The van der Waals surface area contributed by atoms with Crippen LogP contribution < -0.4 is 5.73 Å². The van der Waals surface area contributed by atoms with Gasteiger partial charge in [-0.25, -0.2) is 4.79 Å². The molecule has 2 rings (SSSR count). The number of rotatable bonds is 2. The second-order valence-electron chi connectivity index (χ2n) is 4.86. The third kappa shape index (κ3) is 6.49. The van der Waals surface area contributed by atoms with Gasteiger partial charge in [0.1, 0.15) is 0 Å². The quantitative estimate of drug-likeness (QED) is 0.813. The number of hydrogen-bond donors (Lipinski definition) is 2. The summed E-state index contributed by atoms with van der Waals surface area (Å²) in [5, 5.41) is 7.12. The summed E-state index contributed by atoms with van der Waals surface area (Å²) in [5.41, 5.74) is 5.88. The van der Waals surface area contributed by atoms with Crippen molar-refractivity contribution in [2.75, 3.05) is 24.7 Å². The summed E-state index contributed by atoms with van der Waals surface area (Å²) >= 11 is 2.06. The molecule has 0 bridgehead atoms. The maximum absolute atomic E-state index is 10.6. The molecule has 0 aromatic carbocycles. The Bertz CT molecular complexity index is 296. The van der Waals surface area contributed by atoms with E-state index in [4.69, 9.17) is 15.6 Å². The van der Waals surface area contributed by atoms with Crippen LogP contribution in [0.25, 0.3) is 0 Å². The molecule has 2 atom stereocenters. The fourth-order valence-electron chi connectivity index (χ4n) is 2.24. The van der Waals surface area contributed by atoms with Gasteiger partial charge in [0.05, 0.1) is 0 Å². The molecule has 0 amide bonds. The van der Waals surface area contributed by atoms with Crippen molar-refractivity contribution in [1.82, 2.24) is 4.90 Å². The molecule has 0 spiro atoms. The highest BCUT2D eigenvalue weighted by Gasteiger charge is 2.38. The third-order valence-electron chi connectivity index (χ3n) is 3.17. The number of carboxylic acid groups (broad SMARTS) is 1. The van der Waals surface area contributed by atoms with E-state index in [1.165, 1.54) is 44.0 Å². The highest BCUT2D eigenvalue weighted by Crippen LogP contribution is 2.26. The number of alkyl halides is 3. The Morgan fingerprint density at radius 2 is 2.05 bits per heavy atom. The lowest BCUT2D eigenvalue weighted by Crippen LogP contribution is -2.26. The van der Waals surface area contributed by atoms with Gasteiger partial charge in [-0.2, -0.15) is 13.2 Å². The smallest absolute Gasteiger partial charge is 0.475 e. The second kappa shape index (κ2) is 7.35. The first-order valence-corrected chi connectivity index (χ1v) is 7.30. The predicted molar refractivity (Wildman–Crippen MR) is 67.9 cm³/mol. The molecule has 112 valence electrons. The van der Waals surface area contributed by atoms with E-state index < -0.39 is 12.1 Å². The SMILES string of the molecule is NC1CCC(CN2CCSC2)C1.O=C(O)C(F)(F)F. The molecule has 2 fully saturated rings. The molecule has 0 aromatic heterocycles. The molecule has 4 nitrogen and oxygen atoms in total. The lowest BCUT2D eigenvalue weighted by Gasteiger charge is -2.18. The van der Waals surface area contributed by atoms with E-state index in [0.29, 0.717) is 6.04 Å². The van der Waals surface area contributed by atoms with Crippen LogP contribution in [0, 0.1) is 5.92 Å². The number of halogens is 3. The molecule has 0 radical (unpaired) electrons.